The fourth-order valence-electron chi connectivity index (χ4n) is 4.09. The summed E-state index contributed by atoms with van der Waals surface area (Å²) in [5.74, 6) is -2.04. The highest BCUT2D eigenvalue weighted by atomic mass is 16.5. The number of carbonyl (C=O) groups is 2. The Morgan fingerprint density at radius 1 is 0.862 bits per heavy atom. The van der Waals surface area contributed by atoms with Gasteiger partial charge < -0.3 is 15.2 Å². The highest BCUT2D eigenvalue weighted by Gasteiger charge is 2.39. The number of carboxylic acids is 1. The third-order valence-electron chi connectivity index (χ3n) is 5.36. The number of carboxylic acid groups (broad SMARTS) is 1. The van der Waals surface area contributed by atoms with Crippen molar-refractivity contribution in [3.05, 3.63) is 95.6 Å². The maximum Gasteiger partial charge on any atom is 0.327 e. The monoisotopic (exact) mass is 387 g/mol. The van der Waals surface area contributed by atoms with Crippen molar-refractivity contribution in [3.63, 3.8) is 0 Å². The van der Waals surface area contributed by atoms with E-state index in [-0.39, 0.29) is 0 Å². The summed E-state index contributed by atoms with van der Waals surface area (Å²) >= 11 is 0. The number of hydrogen-bond donors (Lipinski definition) is 2. The molecule has 5 nitrogen and oxygen atoms in total. The van der Waals surface area contributed by atoms with Gasteiger partial charge in [0.25, 0.3) is 5.91 Å². The van der Waals surface area contributed by atoms with Crippen LogP contribution >= 0.6 is 0 Å². The number of carbonyl (C=O) groups excluding carboxylic acids is 1. The Bertz CT molecular complexity index is 1000. The summed E-state index contributed by atoms with van der Waals surface area (Å²) in [7, 11) is 1.44. The number of rotatable bonds is 6. The van der Waals surface area contributed by atoms with E-state index in [0.29, 0.717) is 5.56 Å². The van der Waals surface area contributed by atoms with Crippen molar-refractivity contribution in [3.8, 4) is 11.1 Å². The summed E-state index contributed by atoms with van der Waals surface area (Å²) in [5.41, 5.74) is 4.47. The third kappa shape index (κ3) is 3.41. The van der Waals surface area contributed by atoms with Crippen molar-refractivity contribution in [2.45, 2.75) is 18.1 Å². The molecule has 1 amide bonds. The van der Waals surface area contributed by atoms with E-state index < -0.39 is 29.9 Å². The van der Waals surface area contributed by atoms with Crippen LogP contribution in [0.15, 0.2) is 78.9 Å². The lowest BCUT2D eigenvalue weighted by molar-refractivity contribution is -0.144. The van der Waals surface area contributed by atoms with E-state index in [9.17, 15) is 14.7 Å². The van der Waals surface area contributed by atoms with Crippen molar-refractivity contribution in [2.24, 2.45) is 0 Å². The topological polar surface area (TPSA) is 75.6 Å². The van der Waals surface area contributed by atoms with Crippen molar-refractivity contribution in [1.82, 2.24) is 5.32 Å². The first kappa shape index (κ1) is 18.9. The van der Waals surface area contributed by atoms with Crippen LogP contribution < -0.4 is 5.32 Å². The van der Waals surface area contributed by atoms with Gasteiger partial charge in [0.2, 0.25) is 0 Å². The van der Waals surface area contributed by atoms with Gasteiger partial charge >= 0.3 is 5.97 Å². The van der Waals surface area contributed by atoms with Crippen LogP contribution in [-0.4, -0.2) is 30.1 Å². The van der Waals surface area contributed by atoms with E-state index in [0.717, 1.165) is 22.3 Å². The summed E-state index contributed by atoms with van der Waals surface area (Å²) in [6, 6.07) is 23.4. The predicted octanol–water partition coefficient (Wildman–Crippen LogP) is 3.76. The first-order chi connectivity index (χ1) is 14.1. The number of nitrogens with one attached hydrogen (secondary N) is 1. The SMILES string of the molecule is CO[C@@H](C(=O)N[C@H](C(=O)O)C1c2ccccc2-c2ccccc21)c1ccccc1. The van der Waals surface area contributed by atoms with Gasteiger partial charge in [0, 0.05) is 13.0 Å². The van der Waals surface area contributed by atoms with E-state index >= 15 is 0 Å². The average Bonchev–Trinajstić information content (AvgIpc) is 3.07. The molecule has 0 fully saturated rings. The Morgan fingerprint density at radius 3 is 1.90 bits per heavy atom. The molecule has 2 atom stereocenters. The van der Waals surface area contributed by atoms with Crippen molar-refractivity contribution in [2.75, 3.05) is 7.11 Å². The molecule has 0 heterocycles. The molecule has 0 radical (unpaired) electrons. The van der Waals surface area contributed by atoms with Gasteiger partial charge in [-0.2, -0.15) is 0 Å². The van der Waals surface area contributed by atoms with E-state index in [1.165, 1.54) is 7.11 Å². The largest absolute Gasteiger partial charge is 0.480 e. The standard InChI is InChI=1S/C24H21NO4/c1-29-22(15-9-3-2-4-10-15)23(26)25-21(24(27)28)20-18-13-7-5-11-16(18)17-12-6-8-14-19(17)20/h2-14,20-22H,1H3,(H,25,26)(H,27,28)/t21-,22+/m0/s1. The van der Waals surface area contributed by atoms with E-state index in [1.54, 1.807) is 12.1 Å². The van der Waals surface area contributed by atoms with Gasteiger partial charge in [-0.15, -0.1) is 0 Å². The molecule has 0 saturated heterocycles. The highest BCUT2D eigenvalue weighted by Crippen LogP contribution is 2.46. The Morgan fingerprint density at radius 2 is 1.38 bits per heavy atom. The minimum Gasteiger partial charge on any atom is -0.480 e. The highest BCUT2D eigenvalue weighted by molar-refractivity contribution is 5.90. The molecule has 0 saturated carbocycles. The molecule has 4 rings (SSSR count). The molecule has 3 aromatic carbocycles. The van der Waals surface area contributed by atoms with Gasteiger partial charge in [-0.25, -0.2) is 4.79 Å². The molecule has 146 valence electrons. The number of hydrogen-bond acceptors (Lipinski definition) is 3. The number of fused-ring (bicyclic) bond motifs is 3. The van der Waals surface area contributed by atoms with Crippen LogP contribution in [0.3, 0.4) is 0 Å². The summed E-state index contributed by atoms with van der Waals surface area (Å²) < 4.78 is 5.38. The van der Waals surface area contributed by atoms with Crippen LogP contribution in [0.2, 0.25) is 0 Å². The van der Waals surface area contributed by atoms with Crippen LogP contribution in [0.1, 0.15) is 28.7 Å². The first-order valence-electron chi connectivity index (χ1n) is 9.41. The van der Waals surface area contributed by atoms with Gasteiger partial charge in [-0.1, -0.05) is 78.9 Å². The number of aliphatic carboxylic acids is 1. The lowest BCUT2D eigenvalue weighted by atomic mass is 9.89. The minimum atomic E-state index is -1.12. The maximum absolute atomic E-state index is 13.0. The summed E-state index contributed by atoms with van der Waals surface area (Å²) in [6.07, 6.45) is -0.884. The smallest absolute Gasteiger partial charge is 0.327 e. The van der Waals surface area contributed by atoms with E-state index in [2.05, 4.69) is 5.32 Å². The molecule has 0 unspecified atom stereocenters. The first-order valence-corrected chi connectivity index (χ1v) is 9.41. The van der Waals surface area contributed by atoms with Crippen LogP contribution in [0, 0.1) is 0 Å². The normalized spacial score (nSPS) is 14.5. The molecule has 0 spiro atoms. The second kappa shape index (κ2) is 7.89. The number of ether oxygens (including phenoxy) is 1. The van der Waals surface area contributed by atoms with Crippen LogP contribution in [0.4, 0.5) is 0 Å². The lowest BCUT2D eigenvalue weighted by Gasteiger charge is -2.25. The fourth-order valence-corrected chi connectivity index (χ4v) is 4.09. The molecule has 1 aliphatic carbocycles. The Labute approximate surface area is 169 Å². The number of benzene rings is 3. The van der Waals surface area contributed by atoms with E-state index in [4.69, 9.17) is 4.74 Å². The summed E-state index contributed by atoms with van der Waals surface area (Å²) in [6.45, 7) is 0. The Hall–Kier alpha value is -3.44. The summed E-state index contributed by atoms with van der Waals surface area (Å²) in [4.78, 5) is 25.2. The number of methoxy groups -OCH3 is 1. The van der Waals surface area contributed by atoms with Gasteiger partial charge in [0.05, 0.1) is 0 Å². The molecular weight excluding hydrogens is 366 g/mol. The molecule has 29 heavy (non-hydrogen) atoms. The van der Waals surface area contributed by atoms with Crippen LogP contribution in [0.5, 0.6) is 0 Å². The molecule has 5 heteroatoms. The molecule has 1 aliphatic rings. The quantitative estimate of drug-likeness (QED) is 0.675. The van der Waals surface area contributed by atoms with E-state index in [1.807, 2.05) is 66.7 Å². The van der Waals surface area contributed by atoms with Gasteiger partial charge in [0.1, 0.15) is 6.04 Å². The zero-order valence-electron chi connectivity index (χ0n) is 15.9. The Kier molecular flexibility index (Phi) is 5.14. The Balaban J connectivity index is 1.70. The molecule has 0 aromatic heterocycles. The second-order valence-corrected chi connectivity index (χ2v) is 7.00. The minimum absolute atomic E-state index is 0.475. The molecule has 2 N–H and O–H groups in total. The van der Waals surface area contributed by atoms with Gasteiger partial charge in [-0.3, -0.25) is 4.79 Å². The van der Waals surface area contributed by atoms with Crippen LogP contribution in [-0.2, 0) is 14.3 Å². The fraction of sp³-hybridized carbons (Fsp3) is 0.167. The van der Waals surface area contributed by atoms with Crippen molar-refractivity contribution in [1.29, 1.82) is 0 Å². The molecule has 3 aromatic rings. The lowest BCUT2D eigenvalue weighted by Crippen LogP contribution is -2.46. The second-order valence-electron chi connectivity index (χ2n) is 7.00. The molecule has 0 aliphatic heterocycles. The predicted molar refractivity (Wildman–Crippen MR) is 109 cm³/mol. The average molecular weight is 387 g/mol. The van der Waals surface area contributed by atoms with Crippen molar-refractivity contribution < 1.29 is 19.4 Å². The zero-order valence-corrected chi connectivity index (χ0v) is 15.9. The van der Waals surface area contributed by atoms with Gasteiger partial charge in [0.15, 0.2) is 6.10 Å². The maximum atomic E-state index is 13.0. The molecular formula is C24H21NO4. The van der Waals surface area contributed by atoms with Crippen LogP contribution in [0.25, 0.3) is 11.1 Å². The van der Waals surface area contributed by atoms with Gasteiger partial charge in [-0.05, 0) is 27.8 Å². The third-order valence-corrected chi connectivity index (χ3v) is 5.36. The summed E-state index contributed by atoms with van der Waals surface area (Å²) in [5, 5.41) is 12.7. The van der Waals surface area contributed by atoms with Crippen molar-refractivity contribution >= 4 is 11.9 Å². The zero-order chi connectivity index (χ0) is 20.4. The molecule has 0 bridgehead atoms. The number of amides is 1.